The smallest absolute Gasteiger partial charge is 0.314 e. The van der Waals surface area contributed by atoms with Crippen LogP contribution in [0.5, 0.6) is 0 Å². The molecule has 0 unspecified atom stereocenters. The van der Waals surface area contributed by atoms with E-state index in [4.69, 9.17) is 5.53 Å². The van der Waals surface area contributed by atoms with E-state index in [2.05, 4.69) is 25.4 Å². The highest BCUT2D eigenvalue weighted by atomic mass is 32.2. The third-order valence-corrected chi connectivity index (χ3v) is 2.76. The maximum atomic E-state index is 11.2. The summed E-state index contributed by atoms with van der Waals surface area (Å²) in [5.74, 6) is 1.17. The van der Waals surface area contributed by atoms with Gasteiger partial charge in [-0.05, 0) is 5.53 Å². The minimum atomic E-state index is -0.295. The van der Waals surface area contributed by atoms with Crippen molar-refractivity contribution in [3.05, 3.63) is 10.4 Å². The van der Waals surface area contributed by atoms with Gasteiger partial charge < -0.3 is 15.4 Å². The Hall–Kier alpha value is -1.60. The molecule has 2 N–H and O–H groups in total. The van der Waals surface area contributed by atoms with Gasteiger partial charge in [0.05, 0.1) is 13.5 Å². The van der Waals surface area contributed by atoms with Gasteiger partial charge in [-0.3, -0.25) is 4.79 Å². The molecule has 0 atom stereocenters. The summed E-state index contributed by atoms with van der Waals surface area (Å²) in [7, 11) is 1.36. The minimum absolute atomic E-state index is 0.230. The van der Waals surface area contributed by atoms with Crippen molar-refractivity contribution < 1.29 is 14.3 Å². The summed E-state index contributed by atoms with van der Waals surface area (Å²) < 4.78 is 4.49. The minimum Gasteiger partial charge on any atom is -0.469 e. The molecule has 0 aliphatic heterocycles. The van der Waals surface area contributed by atoms with Crippen molar-refractivity contribution in [3.63, 3.8) is 0 Å². The molecule has 0 radical (unpaired) electrons. The zero-order valence-corrected chi connectivity index (χ0v) is 11.0. The number of carbonyl (C=O) groups excluding carboxylic acids is 2. The predicted molar refractivity (Wildman–Crippen MR) is 69.4 cm³/mol. The molecule has 9 heteroatoms. The lowest BCUT2D eigenvalue weighted by atomic mass is 10.5. The summed E-state index contributed by atoms with van der Waals surface area (Å²) >= 11 is 1.56. The first-order valence-corrected chi connectivity index (χ1v) is 6.53. The van der Waals surface area contributed by atoms with Crippen LogP contribution in [0, 0.1) is 0 Å². The van der Waals surface area contributed by atoms with E-state index in [-0.39, 0.29) is 18.5 Å². The third kappa shape index (κ3) is 10.9. The van der Waals surface area contributed by atoms with Gasteiger partial charge in [-0.1, -0.05) is 5.11 Å². The second-order valence-electron chi connectivity index (χ2n) is 3.08. The van der Waals surface area contributed by atoms with E-state index >= 15 is 0 Å². The third-order valence-electron chi connectivity index (χ3n) is 1.77. The van der Waals surface area contributed by atoms with E-state index in [0.717, 1.165) is 5.75 Å². The molecule has 102 valence electrons. The normalized spacial score (nSPS) is 9.17. The number of nitrogens with one attached hydrogen (secondary N) is 2. The van der Waals surface area contributed by atoms with Crippen LogP contribution in [0.15, 0.2) is 5.11 Å². The average molecular weight is 275 g/mol. The molecule has 18 heavy (non-hydrogen) atoms. The molecule has 0 rings (SSSR count). The van der Waals surface area contributed by atoms with Gasteiger partial charge in [0.25, 0.3) is 0 Å². The molecule has 0 aromatic rings. The van der Waals surface area contributed by atoms with Gasteiger partial charge in [-0.25, -0.2) is 4.79 Å². The van der Waals surface area contributed by atoms with Crippen LogP contribution in [0.3, 0.4) is 0 Å². The molecule has 0 aliphatic carbocycles. The van der Waals surface area contributed by atoms with Crippen LogP contribution in [0.4, 0.5) is 4.79 Å². The first-order chi connectivity index (χ1) is 8.70. The summed E-state index contributed by atoms with van der Waals surface area (Å²) in [6.45, 7) is 1.06. The van der Waals surface area contributed by atoms with E-state index < -0.39 is 0 Å². The second kappa shape index (κ2) is 11.9. The Morgan fingerprint density at radius 1 is 1.33 bits per heavy atom. The highest BCUT2D eigenvalue weighted by molar-refractivity contribution is 7.99. The molecule has 0 fully saturated rings. The molecule has 0 saturated heterocycles. The van der Waals surface area contributed by atoms with Crippen molar-refractivity contribution in [1.82, 2.24) is 10.6 Å². The molecule has 0 aromatic heterocycles. The fourth-order valence-electron chi connectivity index (χ4n) is 0.923. The maximum absolute atomic E-state index is 11.2. The summed E-state index contributed by atoms with van der Waals surface area (Å²) in [6.07, 6.45) is 0.375. The molecule has 0 bridgehead atoms. The van der Waals surface area contributed by atoms with Crippen LogP contribution in [0.25, 0.3) is 10.4 Å². The number of carbonyl (C=O) groups is 2. The Balaban J connectivity index is 3.29. The summed E-state index contributed by atoms with van der Waals surface area (Å²) in [5.41, 5.74) is 8.01. The topological polar surface area (TPSA) is 116 Å². The first-order valence-electron chi connectivity index (χ1n) is 5.37. The van der Waals surface area contributed by atoms with Gasteiger partial charge in [0.2, 0.25) is 0 Å². The number of amides is 2. The molecule has 0 aliphatic rings. The molecule has 0 aromatic carbocycles. The van der Waals surface area contributed by atoms with Crippen LogP contribution in [0.1, 0.15) is 6.42 Å². The summed E-state index contributed by atoms with van der Waals surface area (Å²) in [4.78, 5) is 24.5. The maximum Gasteiger partial charge on any atom is 0.314 e. The zero-order valence-electron chi connectivity index (χ0n) is 10.2. The Morgan fingerprint density at radius 2 is 2.06 bits per heavy atom. The van der Waals surface area contributed by atoms with E-state index in [1.54, 1.807) is 11.8 Å². The number of hydrogen-bond donors (Lipinski definition) is 2. The largest absolute Gasteiger partial charge is 0.469 e. The number of thioether (sulfide) groups is 1. The number of nitrogens with zero attached hydrogens (tertiary/aromatic N) is 3. The standard InChI is InChI=1S/C9H17N5O3S/c1-17-8(15)2-6-18-7-5-12-9(16)11-3-4-13-14-10/h2-7H2,1H3,(H2,11,12,16). The van der Waals surface area contributed by atoms with Crippen molar-refractivity contribution in [1.29, 1.82) is 0 Å². The summed E-state index contributed by atoms with van der Waals surface area (Å²) in [5, 5.41) is 8.46. The highest BCUT2D eigenvalue weighted by Gasteiger charge is 2.00. The Labute approximate surface area is 109 Å². The van der Waals surface area contributed by atoms with Crippen LogP contribution in [0.2, 0.25) is 0 Å². The fourth-order valence-corrected chi connectivity index (χ4v) is 1.68. The van der Waals surface area contributed by atoms with Gasteiger partial charge in [0, 0.05) is 36.1 Å². The highest BCUT2D eigenvalue weighted by Crippen LogP contribution is 2.01. The van der Waals surface area contributed by atoms with E-state index in [0.29, 0.717) is 25.3 Å². The molecular weight excluding hydrogens is 258 g/mol. The quantitative estimate of drug-likeness (QED) is 0.214. The van der Waals surface area contributed by atoms with Gasteiger partial charge in [-0.2, -0.15) is 11.8 Å². The van der Waals surface area contributed by atoms with Gasteiger partial charge in [0.1, 0.15) is 0 Å². The molecule has 8 nitrogen and oxygen atoms in total. The zero-order chi connectivity index (χ0) is 13.6. The van der Waals surface area contributed by atoms with E-state index in [9.17, 15) is 9.59 Å². The second-order valence-corrected chi connectivity index (χ2v) is 4.30. The Bertz CT molecular complexity index is 307. The number of ether oxygens (including phenoxy) is 1. The first kappa shape index (κ1) is 16.4. The number of urea groups is 1. The van der Waals surface area contributed by atoms with Crippen LogP contribution in [-0.2, 0) is 9.53 Å². The van der Waals surface area contributed by atoms with Crippen LogP contribution in [-0.4, -0.2) is 50.3 Å². The molecule has 2 amide bonds. The van der Waals surface area contributed by atoms with Crippen molar-refractivity contribution in [2.75, 3.05) is 38.2 Å². The van der Waals surface area contributed by atoms with E-state index in [1.165, 1.54) is 7.11 Å². The lowest BCUT2D eigenvalue weighted by Crippen LogP contribution is -2.37. The Kier molecular flexibility index (Phi) is 10.8. The molecule has 0 spiro atoms. The average Bonchev–Trinajstić information content (AvgIpc) is 2.38. The lowest BCUT2D eigenvalue weighted by molar-refractivity contribution is -0.140. The lowest BCUT2D eigenvalue weighted by Gasteiger charge is -2.06. The van der Waals surface area contributed by atoms with Crippen molar-refractivity contribution >= 4 is 23.8 Å². The van der Waals surface area contributed by atoms with Gasteiger partial charge in [0.15, 0.2) is 0 Å². The summed E-state index contributed by atoms with van der Waals surface area (Å²) in [6, 6.07) is -0.295. The van der Waals surface area contributed by atoms with Crippen molar-refractivity contribution in [3.8, 4) is 0 Å². The van der Waals surface area contributed by atoms with Crippen LogP contribution < -0.4 is 10.6 Å². The number of hydrogen-bond acceptors (Lipinski definition) is 5. The van der Waals surface area contributed by atoms with Gasteiger partial charge in [-0.15, -0.1) is 0 Å². The Morgan fingerprint density at radius 3 is 2.72 bits per heavy atom. The molecule has 0 heterocycles. The number of azide groups is 1. The predicted octanol–water partition coefficient (Wildman–Crippen LogP) is 0.892. The van der Waals surface area contributed by atoms with E-state index in [1.807, 2.05) is 0 Å². The number of rotatable bonds is 9. The number of methoxy groups -OCH3 is 1. The monoisotopic (exact) mass is 275 g/mol. The SMILES string of the molecule is COC(=O)CCSCCNC(=O)NCCN=[N+]=[N-]. The fraction of sp³-hybridized carbons (Fsp3) is 0.778. The van der Waals surface area contributed by atoms with Crippen LogP contribution >= 0.6 is 11.8 Å². The molecule has 0 saturated carbocycles. The number of esters is 1. The van der Waals surface area contributed by atoms with Crippen molar-refractivity contribution in [2.24, 2.45) is 5.11 Å². The van der Waals surface area contributed by atoms with Crippen molar-refractivity contribution in [2.45, 2.75) is 6.42 Å². The van der Waals surface area contributed by atoms with Gasteiger partial charge >= 0.3 is 12.0 Å². The molecular formula is C9H17N5O3S.